The fourth-order valence-electron chi connectivity index (χ4n) is 0.780. The monoisotopic (exact) mass is 203 g/mol. The molecule has 0 saturated heterocycles. The molecule has 0 aliphatic heterocycles. The van der Waals surface area contributed by atoms with Gasteiger partial charge in [-0.3, -0.25) is 0 Å². The van der Waals surface area contributed by atoms with Crippen LogP contribution in [0.1, 0.15) is 6.92 Å². The van der Waals surface area contributed by atoms with Gasteiger partial charge in [-0.15, -0.1) is 12.6 Å². The molecule has 0 aliphatic rings. The molecule has 0 saturated carbocycles. The lowest BCUT2D eigenvalue weighted by atomic mass is 10.5. The molecule has 0 spiro atoms. The van der Waals surface area contributed by atoms with Gasteiger partial charge in [0, 0.05) is 6.20 Å². The first-order chi connectivity index (χ1) is 5.58. The number of thiol groups is 1. The molecule has 0 fully saturated rings. The number of pyridine rings is 1. The Bertz CT molecular complexity index is 373. The smallest absolute Gasteiger partial charge is 0.180 e. The van der Waals surface area contributed by atoms with E-state index in [1.54, 1.807) is 13.0 Å². The molecule has 1 heterocycles. The Morgan fingerprint density at radius 1 is 1.58 bits per heavy atom. The summed E-state index contributed by atoms with van der Waals surface area (Å²) in [5, 5.41) is 0.263. The van der Waals surface area contributed by atoms with Crippen LogP contribution in [-0.4, -0.2) is 19.2 Å². The summed E-state index contributed by atoms with van der Waals surface area (Å²) in [4.78, 5) is 3.98. The maximum atomic E-state index is 11.3. The van der Waals surface area contributed by atoms with Gasteiger partial charge in [0.05, 0.1) is 10.6 Å². The Hall–Kier alpha value is -0.550. The highest BCUT2D eigenvalue weighted by Gasteiger charge is 2.14. The third-order valence-corrected chi connectivity index (χ3v) is 3.73. The van der Waals surface area contributed by atoms with Crippen molar-refractivity contribution in [1.29, 1.82) is 0 Å². The van der Waals surface area contributed by atoms with Gasteiger partial charge in [0.15, 0.2) is 9.84 Å². The fraction of sp³-hybridized carbons (Fsp3) is 0.286. The van der Waals surface area contributed by atoms with Gasteiger partial charge in [0.1, 0.15) is 5.03 Å². The molecule has 3 nitrogen and oxygen atoms in total. The zero-order valence-corrected chi connectivity index (χ0v) is 8.27. The van der Waals surface area contributed by atoms with E-state index in [1.807, 2.05) is 0 Å². The Kier molecular flexibility index (Phi) is 2.74. The molecule has 1 aromatic rings. The van der Waals surface area contributed by atoms with Crippen LogP contribution in [0, 0.1) is 0 Å². The van der Waals surface area contributed by atoms with Crippen molar-refractivity contribution in [3.8, 4) is 0 Å². The second kappa shape index (κ2) is 3.45. The minimum absolute atomic E-state index is 0.0756. The van der Waals surface area contributed by atoms with Crippen LogP contribution in [0.4, 0.5) is 0 Å². The molecule has 0 aliphatic carbocycles. The van der Waals surface area contributed by atoms with Crippen molar-refractivity contribution in [1.82, 2.24) is 4.98 Å². The summed E-state index contributed by atoms with van der Waals surface area (Å²) in [7, 11) is -3.17. The van der Waals surface area contributed by atoms with Crippen LogP contribution in [0.15, 0.2) is 28.3 Å². The molecule has 0 N–H and O–H groups in total. The molecule has 12 heavy (non-hydrogen) atoms. The number of sulfone groups is 1. The third kappa shape index (κ3) is 1.78. The zero-order valence-electron chi connectivity index (χ0n) is 6.56. The highest BCUT2D eigenvalue weighted by Crippen LogP contribution is 2.16. The van der Waals surface area contributed by atoms with Gasteiger partial charge in [-0.1, -0.05) is 6.92 Å². The highest BCUT2D eigenvalue weighted by atomic mass is 32.2. The molecular weight excluding hydrogens is 194 g/mol. The molecule has 66 valence electrons. The average molecular weight is 203 g/mol. The maximum Gasteiger partial charge on any atom is 0.180 e. The Balaban J connectivity index is 3.30. The molecule has 0 atom stereocenters. The van der Waals surface area contributed by atoms with E-state index in [0.717, 1.165) is 0 Å². The predicted molar refractivity (Wildman–Crippen MR) is 49.2 cm³/mol. The summed E-state index contributed by atoms with van der Waals surface area (Å²) >= 11 is 3.96. The maximum absolute atomic E-state index is 11.3. The van der Waals surface area contributed by atoms with Gasteiger partial charge >= 0.3 is 0 Å². The number of hydrogen-bond acceptors (Lipinski definition) is 4. The summed E-state index contributed by atoms with van der Waals surface area (Å²) in [5.41, 5.74) is 0. The third-order valence-electron chi connectivity index (χ3n) is 1.47. The standard InChI is InChI=1S/C7H9NO2S2/c1-2-12(9,10)6-4-3-5-8-7(6)11/h3-5H,2H2,1H3,(H,8,11). The summed E-state index contributed by atoms with van der Waals surface area (Å²) < 4.78 is 22.7. The van der Waals surface area contributed by atoms with Crippen LogP contribution in [0.25, 0.3) is 0 Å². The van der Waals surface area contributed by atoms with E-state index in [-0.39, 0.29) is 15.7 Å². The van der Waals surface area contributed by atoms with Crippen LogP contribution in [-0.2, 0) is 9.84 Å². The second-order valence-corrected chi connectivity index (χ2v) is 4.90. The van der Waals surface area contributed by atoms with Crippen molar-refractivity contribution in [2.75, 3.05) is 5.75 Å². The topological polar surface area (TPSA) is 47.0 Å². The van der Waals surface area contributed by atoms with Crippen LogP contribution in [0.5, 0.6) is 0 Å². The number of aromatic nitrogens is 1. The minimum Gasteiger partial charge on any atom is -0.249 e. The Morgan fingerprint density at radius 3 is 2.75 bits per heavy atom. The van der Waals surface area contributed by atoms with Crippen molar-refractivity contribution in [2.45, 2.75) is 16.8 Å². The van der Waals surface area contributed by atoms with Crippen LogP contribution in [0.3, 0.4) is 0 Å². The van der Waals surface area contributed by atoms with E-state index < -0.39 is 9.84 Å². The molecule has 0 unspecified atom stereocenters. The largest absolute Gasteiger partial charge is 0.249 e. The van der Waals surface area contributed by atoms with Crippen LogP contribution >= 0.6 is 12.6 Å². The van der Waals surface area contributed by atoms with Gasteiger partial charge in [-0.05, 0) is 12.1 Å². The summed E-state index contributed by atoms with van der Waals surface area (Å²) in [6.07, 6.45) is 1.51. The molecule has 1 aromatic heterocycles. The predicted octanol–water partition coefficient (Wildman–Crippen LogP) is 1.16. The lowest BCUT2D eigenvalue weighted by Crippen LogP contribution is -2.05. The molecular formula is C7H9NO2S2. The first kappa shape index (κ1) is 9.54. The molecule has 0 radical (unpaired) electrons. The van der Waals surface area contributed by atoms with E-state index >= 15 is 0 Å². The summed E-state index contributed by atoms with van der Waals surface area (Å²) in [6.45, 7) is 1.59. The van der Waals surface area contributed by atoms with Crippen molar-refractivity contribution in [2.24, 2.45) is 0 Å². The van der Waals surface area contributed by atoms with Crippen molar-refractivity contribution >= 4 is 22.5 Å². The van der Waals surface area contributed by atoms with Crippen LogP contribution < -0.4 is 0 Å². The first-order valence-corrected chi connectivity index (χ1v) is 5.54. The van der Waals surface area contributed by atoms with Gasteiger partial charge in [0.25, 0.3) is 0 Å². The quantitative estimate of drug-likeness (QED) is 0.734. The normalized spacial score (nSPS) is 11.5. The first-order valence-electron chi connectivity index (χ1n) is 3.44. The average Bonchev–Trinajstić information content (AvgIpc) is 2.05. The van der Waals surface area contributed by atoms with E-state index in [4.69, 9.17) is 0 Å². The van der Waals surface area contributed by atoms with Gasteiger partial charge in [0.2, 0.25) is 0 Å². The van der Waals surface area contributed by atoms with Gasteiger partial charge < -0.3 is 0 Å². The minimum atomic E-state index is -3.17. The van der Waals surface area contributed by atoms with Gasteiger partial charge in [-0.2, -0.15) is 0 Å². The summed E-state index contributed by atoms with van der Waals surface area (Å²) in [6, 6.07) is 3.09. The van der Waals surface area contributed by atoms with Crippen molar-refractivity contribution in [3.05, 3.63) is 18.3 Å². The van der Waals surface area contributed by atoms with E-state index in [1.165, 1.54) is 12.3 Å². The molecule has 0 amide bonds. The molecule has 0 bridgehead atoms. The van der Waals surface area contributed by atoms with Gasteiger partial charge in [-0.25, -0.2) is 13.4 Å². The van der Waals surface area contributed by atoms with Crippen LogP contribution in [0.2, 0.25) is 0 Å². The van der Waals surface area contributed by atoms with Crippen molar-refractivity contribution < 1.29 is 8.42 Å². The number of nitrogens with zero attached hydrogens (tertiary/aromatic N) is 1. The SMILES string of the molecule is CCS(=O)(=O)c1cccnc1S. The Morgan fingerprint density at radius 2 is 2.25 bits per heavy atom. The van der Waals surface area contributed by atoms with E-state index in [0.29, 0.717) is 0 Å². The molecule has 0 aromatic carbocycles. The lowest BCUT2D eigenvalue weighted by Gasteiger charge is -2.01. The zero-order chi connectivity index (χ0) is 9.19. The number of hydrogen-bond donors (Lipinski definition) is 1. The number of rotatable bonds is 2. The second-order valence-electron chi connectivity index (χ2n) is 2.23. The van der Waals surface area contributed by atoms with E-state index in [9.17, 15) is 8.42 Å². The fourth-order valence-corrected chi connectivity index (χ4v) is 2.27. The summed E-state index contributed by atoms with van der Waals surface area (Å²) in [5.74, 6) is 0.0756. The van der Waals surface area contributed by atoms with Crippen molar-refractivity contribution in [3.63, 3.8) is 0 Å². The van der Waals surface area contributed by atoms with E-state index in [2.05, 4.69) is 17.6 Å². The highest BCUT2D eigenvalue weighted by molar-refractivity contribution is 7.92. The Labute approximate surface area is 77.2 Å². The molecule has 1 rings (SSSR count). The molecule has 5 heteroatoms. The lowest BCUT2D eigenvalue weighted by molar-refractivity contribution is 0.594.